The number of nitrogens with zero attached hydrogens (tertiary/aromatic N) is 1. The number of rotatable bonds is 12. The zero-order valence-electron chi connectivity index (χ0n) is 39.1. The van der Waals surface area contributed by atoms with Crippen molar-refractivity contribution >= 4 is 23.8 Å². The number of esters is 2. The highest BCUT2D eigenvalue weighted by Gasteiger charge is 2.55. The first-order valence-corrected chi connectivity index (χ1v) is 21.7. The van der Waals surface area contributed by atoms with Crippen LogP contribution in [0.1, 0.15) is 102 Å². The molecule has 0 radical (unpaired) electrons. The van der Waals surface area contributed by atoms with Crippen LogP contribution < -0.4 is 11.1 Å². The molecule has 0 aromatic carbocycles. The normalized spacial score (nSPS) is 43.2. The third-order valence-corrected chi connectivity index (χ3v) is 13.2. The van der Waals surface area contributed by atoms with Gasteiger partial charge in [0, 0.05) is 58.4 Å². The lowest BCUT2D eigenvalue weighted by Gasteiger charge is -2.50. The van der Waals surface area contributed by atoms with E-state index in [9.17, 15) is 29.4 Å². The number of hydrogen-bond donors (Lipinski definition) is 4. The molecular formula is C43H77N3O15. The summed E-state index contributed by atoms with van der Waals surface area (Å²) < 4.78 is 56.8. The minimum absolute atomic E-state index is 0.0466. The number of methoxy groups -OCH3 is 2. The van der Waals surface area contributed by atoms with Crippen LogP contribution in [0.4, 0.5) is 4.79 Å². The first-order valence-electron chi connectivity index (χ1n) is 21.7. The molecule has 1 unspecified atom stereocenters. The molecule has 0 spiro atoms. The summed E-state index contributed by atoms with van der Waals surface area (Å²) in [7, 11) is 6.73. The van der Waals surface area contributed by atoms with Crippen molar-refractivity contribution in [2.24, 2.45) is 29.4 Å². The highest BCUT2D eigenvalue weighted by molar-refractivity contribution is 5.83. The lowest BCUT2D eigenvalue weighted by molar-refractivity contribution is -0.320. The molecule has 61 heavy (non-hydrogen) atoms. The topological polar surface area (TPSA) is 233 Å². The zero-order valence-corrected chi connectivity index (χ0v) is 39.1. The van der Waals surface area contributed by atoms with Crippen molar-refractivity contribution in [1.82, 2.24) is 10.2 Å². The second-order valence-electron chi connectivity index (χ2n) is 18.3. The Morgan fingerprint density at radius 1 is 0.902 bits per heavy atom. The van der Waals surface area contributed by atoms with Crippen molar-refractivity contribution in [3.8, 4) is 0 Å². The Balaban J connectivity index is 2.25. The highest BCUT2D eigenvalue weighted by Crippen LogP contribution is 2.42. The van der Waals surface area contributed by atoms with Gasteiger partial charge in [0.15, 0.2) is 24.8 Å². The number of ketones is 1. The molecule has 0 aromatic heterocycles. The molecule has 0 saturated carbocycles. The predicted octanol–water partition coefficient (Wildman–Crippen LogP) is 2.70. The van der Waals surface area contributed by atoms with E-state index in [0.29, 0.717) is 6.42 Å². The highest BCUT2D eigenvalue weighted by atomic mass is 16.7. The molecule has 0 aromatic rings. The van der Waals surface area contributed by atoms with Crippen LogP contribution >= 0.6 is 0 Å². The van der Waals surface area contributed by atoms with Gasteiger partial charge in [-0.1, -0.05) is 27.7 Å². The molecular weight excluding hydrogens is 798 g/mol. The zero-order chi connectivity index (χ0) is 46.4. The minimum Gasteiger partial charge on any atom is -0.459 e. The monoisotopic (exact) mass is 876 g/mol. The van der Waals surface area contributed by atoms with E-state index in [4.69, 9.17) is 48.4 Å². The Morgan fingerprint density at radius 2 is 1.51 bits per heavy atom. The summed E-state index contributed by atoms with van der Waals surface area (Å²) in [6, 6.07) is -0.306. The minimum atomic E-state index is -2.02. The number of amides is 1. The molecule has 354 valence electrons. The molecule has 18 atom stereocenters. The fourth-order valence-corrected chi connectivity index (χ4v) is 9.43. The molecule has 1 amide bonds. The van der Waals surface area contributed by atoms with Crippen LogP contribution in [0.15, 0.2) is 0 Å². The number of hydrogen-bond acceptors (Lipinski definition) is 17. The molecule has 18 nitrogen and oxygen atoms in total. The summed E-state index contributed by atoms with van der Waals surface area (Å²) in [6.07, 6.45) is -9.96. The third-order valence-electron chi connectivity index (χ3n) is 13.2. The molecule has 3 aliphatic rings. The molecule has 5 N–H and O–H groups in total. The van der Waals surface area contributed by atoms with Crippen LogP contribution in [0.2, 0.25) is 0 Å². The van der Waals surface area contributed by atoms with Crippen molar-refractivity contribution < 1.29 is 72.0 Å². The van der Waals surface area contributed by atoms with Gasteiger partial charge in [0.05, 0.1) is 48.1 Å². The number of nitrogens with one attached hydrogen (secondary N) is 1. The van der Waals surface area contributed by atoms with Gasteiger partial charge < -0.3 is 68.8 Å². The first kappa shape index (κ1) is 52.8. The maximum Gasteiger partial charge on any atom is 0.407 e. The molecule has 0 aliphatic carbocycles. The van der Waals surface area contributed by atoms with Gasteiger partial charge in [-0.2, -0.15) is 0 Å². The predicted molar refractivity (Wildman–Crippen MR) is 222 cm³/mol. The van der Waals surface area contributed by atoms with Crippen LogP contribution in [0, 0.1) is 23.7 Å². The fourth-order valence-electron chi connectivity index (χ4n) is 9.43. The number of Topliss-reactive ketones (excluding diaryl/α,β-unsaturated/α-hetero) is 1. The van der Waals surface area contributed by atoms with E-state index in [1.54, 1.807) is 41.5 Å². The molecule has 3 saturated heterocycles. The Bertz CT molecular complexity index is 1470. The number of carbonyl (C=O) groups is 4. The lowest BCUT2D eigenvalue weighted by atomic mass is 9.74. The maximum atomic E-state index is 14.5. The number of aliphatic hydroxyl groups excluding tert-OH is 1. The van der Waals surface area contributed by atoms with E-state index in [0.717, 1.165) is 0 Å². The van der Waals surface area contributed by atoms with Gasteiger partial charge in [-0.25, -0.2) is 4.79 Å². The van der Waals surface area contributed by atoms with Gasteiger partial charge in [-0.15, -0.1) is 0 Å². The quantitative estimate of drug-likeness (QED) is 0.163. The molecule has 0 bridgehead atoms. The lowest BCUT2D eigenvalue weighted by Crippen LogP contribution is -2.62. The average Bonchev–Trinajstić information content (AvgIpc) is 3.19. The van der Waals surface area contributed by atoms with Crippen molar-refractivity contribution in [3.05, 3.63) is 0 Å². The first-order chi connectivity index (χ1) is 28.3. The van der Waals surface area contributed by atoms with Crippen molar-refractivity contribution in [1.29, 1.82) is 0 Å². The molecule has 3 heterocycles. The van der Waals surface area contributed by atoms with Gasteiger partial charge in [0.25, 0.3) is 0 Å². The van der Waals surface area contributed by atoms with E-state index in [1.807, 2.05) is 32.8 Å². The number of alkyl carbamates (subject to hydrolysis) is 1. The third kappa shape index (κ3) is 12.4. The van der Waals surface area contributed by atoms with E-state index in [-0.39, 0.29) is 50.3 Å². The number of cyclic esters (lactones) is 1. The van der Waals surface area contributed by atoms with E-state index in [1.165, 1.54) is 35.0 Å². The number of ether oxygens (including phenoxy) is 9. The summed E-state index contributed by atoms with van der Waals surface area (Å²) in [5, 5.41) is 25.9. The smallest absolute Gasteiger partial charge is 0.407 e. The van der Waals surface area contributed by atoms with Crippen LogP contribution in [0.5, 0.6) is 0 Å². The van der Waals surface area contributed by atoms with Crippen LogP contribution in [-0.4, -0.2) is 165 Å². The van der Waals surface area contributed by atoms with E-state index in [2.05, 4.69) is 5.32 Å². The second kappa shape index (κ2) is 21.9. The Kier molecular flexibility index (Phi) is 19.0. The second-order valence-corrected chi connectivity index (χ2v) is 18.3. The van der Waals surface area contributed by atoms with Crippen LogP contribution in [0.3, 0.4) is 0 Å². The Labute approximate surface area is 362 Å². The SMILES string of the molecule is CC[C@@H]1OC(=O)[C@H](C)[C@@H](O[C@H]2C[C@@](C)(OC)[C@@H](OC(=O)NCCN)[C@H](C)O2)[C@@H](C)C(O[C@@H]2O[C@H](C)C[C@H](N(C)C)[C@H]2OC(C)=O)[C@](C)(OC)C[C@@H](C)C(=O)[C@@H](C)[C@H](O)[C@]1(C)O. The summed E-state index contributed by atoms with van der Waals surface area (Å²) in [5.41, 5.74) is 1.08. The molecule has 3 fully saturated rings. The van der Waals surface area contributed by atoms with Gasteiger partial charge in [0.1, 0.15) is 23.1 Å². The summed E-state index contributed by atoms with van der Waals surface area (Å²) in [6.45, 7) is 18.7. The largest absolute Gasteiger partial charge is 0.459 e. The molecule has 18 heteroatoms. The standard InChI is InChI=1S/C43H77N3O15/c1-16-30-43(11,52)35(49)24(4)32(48)22(2)20-41(9,53-14)36(60-39-34(57-28(8)47)29(46(12)13)19-23(3)55-39)25(5)33(26(6)38(50)58-30)59-31-21-42(10,54-15)37(27(7)56-31)61-40(51)45-18-17-44/h22-27,29-31,33-37,39,49,52H,16-21,44H2,1-15H3,(H,45,51)/t22-,23-,24-,25-,26-,27+,29+,30+,31+,33+,34-,35+,36?,37+,39+,41-,42-,43-/m1/s1. The van der Waals surface area contributed by atoms with E-state index < -0.39 is 114 Å². The Hall–Kier alpha value is -2.52. The van der Waals surface area contributed by atoms with Gasteiger partial charge in [-0.05, 0) is 74.9 Å². The summed E-state index contributed by atoms with van der Waals surface area (Å²) in [5.74, 6) is -5.36. The van der Waals surface area contributed by atoms with E-state index >= 15 is 0 Å². The van der Waals surface area contributed by atoms with Crippen molar-refractivity contribution in [2.45, 2.75) is 186 Å². The maximum absolute atomic E-state index is 14.5. The van der Waals surface area contributed by atoms with Crippen molar-refractivity contribution in [2.75, 3.05) is 41.4 Å². The number of nitrogens with two attached hydrogens (primary N) is 1. The molecule has 3 aliphatic heterocycles. The summed E-state index contributed by atoms with van der Waals surface area (Å²) >= 11 is 0. The number of likely N-dealkylation sites (N-methyl/N-ethyl adjacent to an activating group) is 1. The fraction of sp³-hybridized carbons (Fsp3) is 0.907. The van der Waals surface area contributed by atoms with Gasteiger partial charge in [0.2, 0.25) is 0 Å². The summed E-state index contributed by atoms with van der Waals surface area (Å²) in [4.78, 5) is 55.9. The average molecular weight is 876 g/mol. The number of aliphatic hydroxyl groups is 2. The van der Waals surface area contributed by atoms with Gasteiger partial charge in [-0.3, -0.25) is 14.4 Å². The van der Waals surface area contributed by atoms with Crippen LogP contribution in [-0.2, 0) is 57.0 Å². The van der Waals surface area contributed by atoms with Gasteiger partial charge >= 0.3 is 18.0 Å². The number of carbonyl (C=O) groups excluding carboxylic acids is 4. The molecule has 3 rings (SSSR count). The van der Waals surface area contributed by atoms with Crippen LogP contribution in [0.25, 0.3) is 0 Å². The Morgan fingerprint density at radius 3 is 2.05 bits per heavy atom. The van der Waals surface area contributed by atoms with Crippen molar-refractivity contribution in [3.63, 3.8) is 0 Å².